The van der Waals surface area contributed by atoms with E-state index in [1.165, 1.54) is 54.9 Å². The Kier molecular flexibility index (Phi) is 4.89. The molecule has 2 aliphatic rings. The molecule has 4 aromatic carbocycles. The van der Waals surface area contributed by atoms with Crippen molar-refractivity contribution < 1.29 is 0 Å². The van der Waals surface area contributed by atoms with Crippen LogP contribution in [-0.2, 0) is 25.7 Å². The molecule has 0 unspecified atom stereocenters. The van der Waals surface area contributed by atoms with Gasteiger partial charge in [-0.15, -0.1) is 0 Å². The van der Waals surface area contributed by atoms with Crippen LogP contribution < -0.4 is 0 Å². The van der Waals surface area contributed by atoms with Gasteiger partial charge in [0.05, 0.1) is 0 Å². The van der Waals surface area contributed by atoms with Gasteiger partial charge in [0.15, 0.2) is 0 Å². The molecule has 0 aliphatic heterocycles. The molecule has 0 nitrogen and oxygen atoms in total. The molecule has 0 saturated carbocycles. The van der Waals surface area contributed by atoms with E-state index in [2.05, 4.69) is 88.4 Å². The number of fused-ring (bicyclic) bond motifs is 4. The molecule has 0 saturated heterocycles. The van der Waals surface area contributed by atoms with Gasteiger partial charge in [0.1, 0.15) is 0 Å². The second-order valence-electron chi connectivity index (χ2n) is 9.69. The van der Waals surface area contributed by atoms with Crippen LogP contribution in [0.4, 0.5) is 0 Å². The lowest BCUT2D eigenvalue weighted by atomic mass is 9.86. The fraction of sp³-hybridized carbons (Fsp3) is 0.333. The van der Waals surface area contributed by atoms with Gasteiger partial charge < -0.3 is 0 Å². The first-order chi connectivity index (χ1) is 14.5. The topological polar surface area (TPSA) is 0 Å². The third-order valence-corrected chi connectivity index (χ3v) is 7.10. The Morgan fingerprint density at radius 2 is 0.767 bits per heavy atom. The van der Waals surface area contributed by atoms with Crippen LogP contribution in [0.3, 0.4) is 0 Å². The monoisotopic (exact) mass is 392 g/mol. The molecule has 0 fully saturated rings. The Morgan fingerprint density at radius 3 is 1.10 bits per heavy atom. The molecule has 0 N–H and O–H groups in total. The van der Waals surface area contributed by atoms with E-state index in [-0.39, 0.29) is 0 Å². The third kappa shape index (κ3) is 3.33. The van der Waals surface area contributed by atoms with Crippen molar-refractivity contribution in [3.8, 4) is 0 Å². The van der Waals surface area contributed by atoms with Crippen LogP contribution in [0.2, 0.25) is 0 Å². The predicted octanol–water partition coefficient (Wildman–Crippen LogP) is 8.12. The van der Waals surface area contributed by atoms with E-state index in [1.807, 2.05) is 0 Å². The Morgan fingerprint density at radius 1 is 0.433 bits per heavy atom. The van der Waals surface area contributed by atoms with E-state index in [9.17, 15) is 0 Å². The van der Waals surface area contributed by atoms with Crippen molar-refractivity contribution >= 4 is 21.5 Å². The summed E-state index contributed by atoms with van der Waals surface area (Å²) < 4.78 is 0. The number of benzene rings is 4. The van der Waals surface area contributed by atoms with Gasteiger partial charge in [-0.25, -0.2) is 0 Å². The average molecular weight is 393 g/mol. The van der Waals surface area contributed by atoms with Crippen molar-refractivity contribution in [1.82, 2.24) is 0 Å². The minimum atomic E-state index is 0.565. The highest BCUT2D eigenvalue weighted by molar-refractivity contribution is 5.91. The first-order valence-corrected chi connectivity index (χ1v) is 11.6. The summed E-state index contributed by atoms with van der Waals surface area (Å²) >= 11 is 0. The summed E-state index contributed by atoms with van der Waals surface area (Å²) in [5.74, 6) is 1.13. The van der Waals surface area contributed by atoms with Crippen LogP contribution in [0.5, 0.6) is 0 Å². The molecule has 0 aromatic heterocycles. The quantitative estimate of drug-likeness (QED) is 0.323. The number of aryl methyl sites for hydroxylation is 4. The first-order valence-electron chi connectivity index (χ1n) is 11.6. The third-order valence-electron chi connectivity index (χ3n) is 7.10. The van der Waals surface area contributed by atoms with Crippen LogP contribution in [-0.4, -0.2) is 0 Å². The lowest BCUT2D eigenvalue weighted by Crippen LogP contribution is -2.02. The maximum Gasteiger partial charge on any atom is -0.0146 e. The molecular formula is C30H32. The summed E-state index contributed by atoms with van der Waals surface area (Å²) in [7, 11) is 0. The van der Waals surface area contributed by atoms with Gasteiger partial charge in [0.2, 0.25) is 0 Å². The number of rotatable bonds is 2. The van der Waals surface area contributed by atoms with Crippen molar-refractivity contribution in [2.75, 3.05) is 0 Å². The molecule has 4 aromatic rings. The summed E-state index contributed by atoms with van der Waals surface area (Å²) in [6, 6.07) is 23.9. The molecule has 30 heavy (non-hydrogen) atoms. The first kappa shape index (κ1) is 19.4. The largest absolute Gasteiger partial charge is 0.0587 e. The van der Waals surface area contributed by atoms with Gasteiger partial charge in [-0.05, 0) is 92.4 Å². The highest BCUT2D eigenvalue weighted by Gasteiger charge is 2.14. The molecule has 0 heterocycles. The number of hydrogen-bond acceptors (Lipinski definition) is 0. The summed E-state index contributed by atoms with van der Waals surface area (Å²) in [4.78, 5) is 0. The van der Waals surface area contributed by atoms with Crippen molar-refractivity contribution in [1.29, 1.82) is 0 Å². The van der Waals surface area contributed by atoms with E-state index in [0.717, 1.165) is 25.7 Å². The smallest absolute Gasteiger partial charge is 0.0146 e. The van der Waals surface area contributed by atoms with E-state index in [4.69, 9.17) is 0 Å². The average Bonchev–Trinajstić information content (AvgIpc) is 2.74. The lowest BCUT2D eigenvalue weighted by molar-refractivity contribution is 0.867. The second-order valence-corrected chi connectivity index (χ2v) is 9.69. The van der Waals surface area contributed by atoms with Crippen molar-refractivity contribution in [3.05, 3.63) is 94.0 Å². The lowest BCUT2D eigenvalue weighted by Gasteiger charge is -2.18. The highest BCUT2D eigenvalue weighted by Crippen LogP contribution is 2.33. The summed E-state index contributed by atoms with van der Waals surface area (Å²) in [6.07, 6.45) is 4.38. The van der Waals surface area contributed by atoms with Gasteiger partial charge in [-0.3, -0.25) is 0 Å². The minimum Gasteiger partial charge on any atom is -0.0587 e. The van der Waals surface area contributed by atoms with E-state index >= 15 is 0 Å². The normalized spacial score (nSPS) is 14.1. The van der Waals surface area contributed by atoms with Crippen LogP contribution in [0.15, 0.2) is 60.7 Å². The van der Waals surface area contributed by atoms with Crippen LogP contribution in [0.25, 0.3) is 21.5 Å². The van der Waals surface area contributed by atoms with Gasteiger partial charge in [-0.2, -0.15) is 0 Å². The molecule has 0 amide bonds. The van der Waals surface area contributed by atoms with Gasteiger partial charge in [0.25, 0.3) is 0 Å². The SMILES string of the molecule is CC(C)c1ccc2c3ccc(c2c1)CCc1ccc(c2cc(C(C)C)ccc12)CC3. The maximum atomic E-state index is 2.46. The molecular weight excluding hydrogens is 360 g/mol. The Bertz CT molecular complexity index is 1140. The minimum absolute atomic E-state index is 0.565. The van der Waals surface area contributed by atoms with E-state index in [0.29, 0.717) is 11.8 Å². The standard InChI is InChI=1S/C30H32/c1-19(2)25-13-15-27-21-5-9-23(29(27)17-25)11-7-22-6-10-24(12-8-21)30-18-26(20(3)4)14-16-28(22)30/h5-6,9-10,13-20H,7-8,11-12H2,1-4H3. The van der Waals surface area contributed by atoms with Crippen molar-refractivity contribution in [3.63, 3.8) is 0 Å². The Hall–Kier alpha value is -2.60. The molecule has 0 atom stereocenters. The fourth-order valence-corrected chi connectivity index (χ4v) is 5.11. The zero-order chi connectivity index (χ0) is 20.8. The summed E-state index contributed by atoms with van der Waals surface area (Å²) in [6.45, 7) is 9.17. The molecule has 6 rings (SSSR count). The van der Waals surface area contributed by atoms with E-state index < -0.39 is 0 Å². The van der Waals surface area contributed by atoms with Gasteiger partial charge in [-0.1, -0.05) is 88.4 Å². The molecule has 152 valence electrons. The van der Waals surface area contributed by atoms with Gasteiger partial charge in [0, 0.05) is 0 Å². The fourth-order valence-electron chi connectivity index (χ4n) is 5.11. The summed E-state index contributed by atoms with van der Waals surface area (Å²) in [5.41, 5.74) is 8.86. The zero-order valence-corrected chi connectivity index (χ0v) is 18.8. The van der Waals surface area contributed by atoms with E-state index in [1.54, 1.807) is 0 Å². The highest BCUT2D eigenvalue weighted by atomic mass is 14.2. The molecule has 0 heteroatoms. The van der Waals surface area contributed by atoms with Crippen LogP contribution >= 0.6 is 0 Å². The van der Waals surface area contributed by atoms with Crippen LogP contribution in [0, 0.1) is 0 Å². The second kappa shape index (κ2) is 7.58. The predicted molar refractivity (Wildman–Crippen MR) is 131 cm³/mol. The molecule has 0 radical (unpaired) electrons. The van der Waals surface area contributed by atoms with Crippen molar-refractivity contribution in [2.24, 2.45) is 0 Å². The van der Waals surface area contributed by atoms with Crippen LogP contribution in [0.1, 0.15) is 72.9 Å². The maximum absolute atomic E-state index is 2.46. The molecule has 2 aliphatic carbocycles. The molecule has 0 spiro atoms. The number of hydrogen-bond donors (Lipinski definition) is 0. The zero-order valence-electron chi connectivity index (χ0n) is 18.8. The summed E-state index contributed by atoms with van der Waals surface area (Å²) in [5, 5.41) is 5.86. The van der Waals surface area contributed by atoms with Gasteiger partial charge >= 0.3 is 0 Å². The molecule has 4 bridgehead atoms. The Balaban J connectivity index is 1.68. The Labute approximate surface area is 180 Å². The van der Waals surface area contributed by atoms with Crippen molar-refractivity contribution in [2.45, 2.75) is 65.2 Å².